The Balaban J connectivity index is 2.04. The molecule has 132 valence electrons. The van der Waals surface area contributed by atoms with Gasteiger partial charge in [0.15, 0.2) is 0 Å². The second-order valence-electron chi connectivity index (χ2n) is 6.78. The quantitative estimate of drug-likeness (QED) is 0.860. The highest BCUT2D eigenvalue weighted by Gasteiger charge is 2.32. The SMILES string of the molecule is CC(C)CN(C)C(=O)CC1C(=O)NCCN1Cc1ccc(F)cc1. The van der Waals surface area contributed by atoms with Gasteiger partial charge in [0.2, 0.25) is 11.8 Å². The van der Waals surface area contributed by atoms with E-state index in [-0.39, 0.29) is 24.1 Å². The lowest BCUT2D eigenvalue weighted by Gasteiger charge is -2.35. The molecule has 1 atom stereocenters. The van der Waals surface area contributed by atoms with Crippen molar-refractivity contribution in [2.75, 3.05) is 26.7 Å². The maximum Gasteiger partial charge on any atom is 0.237 e. The van der Waals surface area contributed by atoms with Gasteiger partial charge in [-0.25, -0.2) is 4.39 Å². The predicted octanol–water partition coefficient (Wildman–Crippen LogP) is 1.63. The van der Waals surface area contributed by atoms with Crippen molar-refractivity contribution in [2.24, 2.45) is 5.92 Å². The van der Waals surface area contributed by atoms with Gasteiger partial charge in [-0.2, -0.15) is 0 Å². The summed E-state index contributed by atoms with van der Waals surface area (Å²) in [5.74, 6) is -0.0452. The Morgan fingerprint density at radius 3 is 2.67 bits per heavy atom. The maximum absolute atomic E-state index is 13.0. The van der Waals surface area contributed by atoms with Gasteiger partial charge in [-0.05, 0) is 23.6 Å². The number of amides is 2. The van der Waals surface area contributed by atoms with Crippen LogP contribution in [0.3, 0.4) is 0 Å². The lowest BCUT2D eigenvalue weighted by atomic mass is 10.1. The molecular formula is C18H26FN3O2. The van der Waals surface area contributed by atoms with Crippen LogP contribution in [-0.4, -0.2) is 54.3 Å². The number of halogens is 1. The molecule has 0 aliphatic carbocycles. The summed E-state index contributed by atoms with van der Waals surface area (Å²) in [7, 11) is 1.77. The number of carbonyl (C=O) groups is 2. The third-order valence-electron chi connectivity index (χ3n) is 4.17. The average Bonchev–Trinajstić information content (AvgIpc) is 2.52. The van der Waals surface area contributed by atoms with Gasteiger partial charge in [0, 0.05) is 33.2 Å². The first-order valence-corrected chi connectivity index (χ1v) is 8.37. The standard InChI is InChI=1S/C18H26FN3O2/c1-13(2)11-21(3)17(23)10-16-18(24)20-8-9-22(16)12-14-4-6-15(19)7-5-14/h4-7,13,16H,8-12H2,1-3H3,(H,20,24). The number of benzene rings is 1. The number of carbonyl (C=O) groups excluding carboxylic acids is 2. The van der Waals surface area contributed by atoms with Crippen LogP contribution in [0.2, 0.25) is 0 Å². The number of nitrogens with zero attached hydrogens (tertiary/aromatic N) is 2. The molecule has 1 aliphatic rings. The zero-order valence-corrected chi connectivity index (χ0v) is 14.6. The van der Waals surface area contributed by atoms with Crippen molar-refractivity contribution < 1.29 is 14.0 Å². The summed E-state index contributed by atoms with van der Waals surface area (Å²) in [6.07, 6.45) is 0.163. The molecule has 5 nitrogen and oxygen atoms in total. The Labute approximate surface area is 142 Å². The predicted molar refractivity (Wildman–Crippen MR) is 90.7 cm³/mol. The summed E-state index contributed by atoms with van der Waals surface area (Å²) in [5.41, 5.74) is 0.930. The lowest BCUT2D eigenvalue weighted by molar-refractivity contribution is -0.138. The van der Waals surface area contributed by atoms with Gasteiger partial charge >= 0.3 is 0 Å². The number of nitrogens with one attached hydrogen (secondary N) is 1. The maximum atomic E-state index is 13.0. The molecule has 24 heavy (non-hydrogen) atoms. The van der Waals surface area contributed by atoms with Gasteiger partial charge in [-0.15, -0.1) is 0 Å². The molecule has 1 saturated heterocycles. The van der Waals surface area contributed by atoms with E-state index in [0.717, 1.165) is 5.56 Å². The van der Waals surface area contributed by atoms with Gasteiger partial charge in [0.25, 0.3) is 0 Å². The van der Waals surface area contributed by atoms with E-state index in [4.69, 9.17) is 0 Å². The highest BCUT2D eigenvalue weighted by Crippen LogP contribution is 2.15. The van der Waals surface area contributed by atoms with Gasteiger partial charge in [-0.3, -0.25) is 14.5 Å². The van der Waals surface area contributed by atoms with Crippen molar-refractivity contribution in [1.29, 1.82) is 0 Å². The third-order valence-corrected chi connectivity index (χ3v) is 4.17. The summed E-state index contributed by atoms with van der Waals surface area (Å²) in [6, 6.07) is 5.77. The van der Waals surface area contributed by atoms with Gasteiger partial charge in [0.1, 0.15) is 5.82 Å². The molecule has 1 N–H and O–H groups in total. The van der Waals surface area contributed by atoms with Crippen LogP contribution in [0, 0.1) is 11.7 Å². The Bertz CT molecular complexity index is 574. The van der Waals surface area contributed by atoms with Gasteiger partial charge in [-0.1, -0.05) is 26.0 Å². The van der Waals surface area contributed by atoms with Crippen LogP contribution in [0.25, 0.3) is 0 Å². The second-order valence-corrected chi connectivity index (χ2v) is 6.78. The Kier molecular flexibility index (Phi) is 6.31. The van der Waals surface area contributed by atoms with E-state index >= 15 is 0 Å². The van der Waals surface area contributed by atoms with E-state index in [0.29, 0.717) is 32.1 Å². The first-order valence-electron chi connectivity index (χ1n) is 8.37. The number of rotatable bonds is 6. The minimum absolute atomic E-state index is 0.0325. The van der Waals surface area contributed by atoms with Crippen LogP contribution >= 0.6 is 0 Å². The molecule has 2 amide bonds. The molecule has 1 unspecified atom stereocenters. The van der Waals surface area contributed by atoms with E-state index in [2.05, 4.69) is 19.2 Å². The van der Waals surface area contributed by atoms with E-state index in [9.17, 15) is 14.0 Å². The third kappa shape index (κ3) is 5.03. The second kappa shape index (κ2) is 8.24. The summed E-state index contributed by atoms with van der Waals surface area (Å²) in [5, 5.41) is 2.83. The molecule has 2 rings (SSSR count). The van der Waals surface area contributed by atoms with Crippen LogP contribution in [-0.2, 0) is 16.1 Å². The molecule has 0 radical (unpaired) electrons. The molecule has 1 aliphatic heterocycles. The van der Waals surface area contributed by atoms with Crippen LogP contribution in [0.4, 0.5) is 4.39 Å². The lowest BCUT2D eigenvalue weighted by Crippen LogP contribution is -2.56. The summed E-state index contributed by atoms with van der Waals surface area (Å²) >= 11 is 0. The molecule has 1 heterocycles. The fourth-order valence-electron chi connectivity index (χ4n) is 2.97. The van der Waals surface area contributed by atoms with Crippen LogP contribution in [0.1, 0.15) is 25.8 Å². The molecule has 1 aromatic carbocycles. The topological polar surface area (TPSA) is 52.7 Å². The van der Waals surface area contributed by atoms with E-state index < -0.39 is 6.04 Å². The van der Waals surface area contributed by atoms with Gasteiger partial charge < -0.3 is 10.2 Å². The number of hydrogen-bond donors (Lipinski definition) is 1. The first-order chi connectivity index (χ1) is 11.4. The van der Waals surface area contributed by atoms with Crippen molar-refractivity contribution >= 4 is 11.8 Å². The monoisotopic (exact) mass is 335 g/mol. The van der Waals surface area contributed by atoms with Crippen LogP contribution in [0.5, 0.6) is 0 Å². The molecule has 0 bridgehead atoms. The van der Waals surface area contributed by atoms with Crippen molar-refractivity contribution in [2.45, 2.75) is 32.9 Å². The zero-order chi connectivity index (χ0) is 17.7. The summed E-state index contributed by atoms with van der Waals surface area (Å²) < 4.78 is 13.0. The molecule has 0 spiro atoms. The highest BCUT2D eigenvalue weighted by atomic mass is 19.1. The molecule has 1 aromatic rings. The van der Waals surface area contributed by atoms with Crippen molar-refractivity contribution in [3.05, 3.63) is 35.6 Å². The summed E-state index contributed by atoms with van der Waals surface area (Å²) in [4.78, 5) is 28.3. The fourth-order valence-corrected chi connectivity index (χ4v) is 2.97. The zero-order valence-electron chi connectivity index (χ0n) is 14.6. The van der Waals surface area contributed by atoms with Crippen molar-refractivity contribution in [3.63, 3.8) is 0 Å². The minimum Gasteiger partial charge on any atom is -0.353 e. The first kappa shape index (κ1) is 18.4. The molecule has 1 fully saturated rings. The molecule has 0 saturated carbocycles. The van der Waals surface area contributed by atoms with E-state index in [1.54, 1.807) is 24.1 Å². The number of hydrogen-bond acceptors (Lipinski definition) is 3. The highest BCUT2D eigenvalue weighted by molar-refractivity contribution is 5.88. The van der Waals surface area contributed by atoms with Gasteiger partial charge in [0.05, 0.1) is 12.5 Å². The Hall–Kier alpha value is -1.95. The molecular weight excluding hydrogens is 309 g/mol. The Morgan fingerprint density at radius 2 is 2.04 bits per heavy atom. The minimum atomic E-state index is -0.481. The molecule has 0 aromatic heterocycles. The molecule has 6 heteroatoms. The average molecular weight is 335 g/mol. The fraction of sp³-hybridized carbons (Fsp3) is 0.556. The number of piperazine rings is 1. The smallest absolute Gasteiger partial charge is 0.237 e. The van der Waals surface area contributed by atoms with Crippen LogP contribution < -0.4 is 5.32 Å². The van der Waals surface area contributed by atoms with E-state index in [1.165, 1.54) is 12.1 Å². The Morgan fingerprint density at radius 1 is 1.38 bits per heavy atom. The van der Waals surface area contributed by atoms with Crippen molar-refractivity contribution in [3.8, 4) is 0 Å². The van der Waals surface area contributed by atoms with E-state index in [1.807, 2.05) is 4.90 Å². The van der Waals surface area contributed by atoms with Crippen LogP contribution in [0.15, 0.2) is 24.3 Å². The largest absolute Gasteiger partial charge is 0.353 e. The van der Waals surface area contributed by atoms with Crippen molar-refractivity contribution in [1.82, 2.24) is 15.1 Å². The summed E-state index contributed by atoms with van der Waals surface area (Å²) in [6.45, 7) is 6.54. The normalized spacial score (nSPS) is 18.5.